The predicted octanol–water partition coefficient (Wildman–Crippen LogP) is 4.12. The lowest BCUT2D eigenvalue weighted by atomic mass is 10.1. The molecule has 7 nitrogen and oxygen atoms in total. The molecule has 0 fully saturated rings. The summed E-state index contributed by atoms with van der Waals surface area (Å²) in [5, 5.41) is 14.7. The van der Waals surface area contributed by atoms with Gasteiger partial charge in [0.15, 0.2) is 0 Å². The second kappa shape index (κ2) is 10.7. The van der Waals surface area contributed by atoms with Crippen LogP contribution in [-0.4, -0.2) is 33.7 Å². The van der Waals surface area contributed by atoms with E-state index < -0.39 is 16.9 Å². The number of carbonyl (C=O) groups is 2. The van der Waals surface area contributed by atoms with E-state index >= 15 is 0 Å². The Balaban J connectivity index is 2.32. The first-order valence-electron chi connectivity index (χ1n) is 9.80. The quantitative estimate of drug-likeness (QED) is 0.477. The molecule has 1 N–H and O–H groups in total. The monoisotopic (exact) mass is 431 g/mol. The molecule has 8 heteroatoms. The maximum atomic E-state index is 13.2. The van der Waals surface area contributed by atoms with Crippen LogP contribution in [0.1, 0.15) is 38.3 Å². The number of hydrogen-bond donors (Lipinski definition) is 1. The third-order valence-electron chi connectivity index (χ3n) is 5.00. The zero-order chi connectivity index (χ0) is 22.3. The van der Waals surface area contributed by atoms with E-state index in [0.29, 0.717) is 16.1 Å². The lowest BCUT2D eigenvalue weighted by Gasteiger charge is -2.30. The number of amides is 2. The SMILES string of the molecule is CC[C@@H](C)NC(=O)[C@H](C)N(Cc1ccccc1Cl)C(=O)Cc1ccccc1[N+](=O)[O-]. The molecule has 0 bridgehead atoms. The molecule has 0 aliphatic carbocycles. The summed E-state index contributed by atoms with van der Waals surface area (Å²) in [6, 6.07) is 12.4. The second-order valence-electron chi connectivity index (χ2n) is 7.17. The maximum absolute atomic E-state index is 13.2. The van der Waals surface area contributed by atoms with Crippen molar-refractivity contribution in [3.05, 3.63) is 74.8 Å². The summed E-state index contributed by atoms with van der Waals surface area (Å²) in [5.74, 6) is -0.677. The Labute approximate surface area is 181 Å². The van der Waals surface area contributed by atoms with Gasteiger partial charge in [-0.15, -0.1) is 0 Å². The molecular formula is C22H26ClN3O4. The Morgan fingerprint density at radius 1 is 1.10 bits per heavy atom. The number of nitro groups is 1. The molecule has 0 spiro atoms. The summed E-state index contributed by atoms with van der Waals surface area (Å²) in [7, 11) is 0. The summed E-state index contributed by atoms with van der Waals surface area (Å²) < 4.78 is 0. The van der Waals surface area contributed by atoms with Gasteiger partial charge in [0, 0.05) is 29.2 Å². The number of rotatable bonds is 9. The number of para-hydroxylation sites is 1. The predicted molar refractivity (Wildman–Crippen MR) is 116 cm³/mol. The number of halogens is 1. The van der Waals surface area contributed by atoms with Gasteiger partial charge in [-0.05, 0) is 31.9 Å². The number of benzene rings is 2. The number of carbonyl (C=O) groups excluding carboxylic acids is 2. The number of nitrogens with zero attached hydrogens (tertiary/aromatic N) is 2. The van der Waals surface area contributed by atoms with Crippen LogP contribution in [0.15, 0.2) is 48.5 Å². The molecule has 2 amide bonds. The summed E-state index contributed by atoms with van der Waals surface area (Å²) >= 11 is 6.26. The van der Waals surface area contributed by atoms with Crippen molar-refractivity contribution >= 4 is 29.1 Å². The molecular weight excluding hydrogens is 406 g/mol. The van der Waals surface area contributed by atoms with E-state index in [1.165, 1.54) is 11.0 Å². The minimum atomic E-state index is -0.773. The average molecular weight is 432 g/mol. The van der Waals surface area contributed by atoms with Crippen molar-refractivity contribution < 1.29 is 14.5 Å². The third-order valence-corrected chi connectivity index (χ3v) is 5.37. The van der Waals surface area contributed by atoms with Gasteiger partial charge in [-0.25, -0.2) is 0 Å². The first-order chi connectivity index (χ1) is 14.2. The zero-order valence-corrected chi connectivity index (χ0v) is 18.1. The standard InChI is InChI=1S/C22H26ClN3O4/c1-4-15(2)24-22(28)16(3)25(14-18-10-5-7-11-19(18)23)21(27)13-17-9-6-8-12-20(17)26(29)30/h5-12,15-16H,4,13-14H2,1-3H3,(H,24,28)/t15-,16+/m1/s1. The molecule has 0 aromatic heterocycles. The number of nitro benzene ring substituents is 1. The van der Waals surface area contributed by atoms with Crippen molar-refractivity contribution in [2.24, 2.45) is 0 Å². The Morgan fingerprint density at radius 2 is 1.70 bits per heavy atom. The highest BCUT2D eigenvalue weighted by Crippen LogP contribution is 2.22. The van der Waals surface area contributed by atoms with E-state index in [9.17, 15) is 19.7 Å². The molecule has 2 rings (SSSR count). The average Bonchev–Trinajstić information content (AvgIpc) is 2.72. The van der Waals surface area contributed by atoms with Crippen molar-refractivity contribution in [1.82, 2.24) is 10.2 Å². The summed E-state index contributed by atoms with van der Waals surface area (Å²) in [4.78, 5) is 38.1. The molecule has 160 valence electrons. The van der Waals surface area contributed by atoms with Crippen LogP contribution >= 0.6 is 11.6 Å². The van der Waals surface area contributed by atoms with Crippen molar-refractivity contribution in [3.63, 3.8) is 0 Å². The van der Waals surface area contributed by atoms with Crippen molar-refractivity contribution in [2.75, 3.05) is 0 Å². The van der Waals surface area contributed by atoms with E-state index in [1.807, 2.05) is 13.8 Å². The van der Waals surface area contributed by atoms with Crippen LogP contribution in [0.2, 0.25) is 5.02 Å². The molecule has 30 heavy (non-hydrogen) atoms. The van der Waals surface area contributed by atoms with E-state index in [2.05, 4.69) is 5.32 Å². The van der Waals surface area contributed by atoms with Gasteiger partial charge in [0.2, 0.25) is 11.8 Å². The van der Waals surface area contributed by atoms with Crippen LogP contribution < -0.4 is 5.32 Å². The number of nitrogens with one attached hydrogen (secondary N) is 1. The Morgan fingerprint density at radius 3 is 2.30 bits per heavy atom. The fourth-order valence-corrected chi connectivity index (χ4v) is 3.16. The molecule has 0 aliphatic rings. The summed E-state index contributed by atoms with van der Waals surface area (Å²) in [6.45, 7) is 5.61. The molecule has 2 aromatic carbocycles. The highest BCUT2D eigenvalue weighted by atomic mass is 35.5. The van der Waals surface area contributed by atoms with Crippen LogP contribution in [0.25, 0.3) is 0 Å². The minimum Gasteiger partial charge on any atom is -0.352 e. The molecule has 0 saturated heterocycles. The normalized spacial score (nSPS) is 12.7. The van der Waals surface area contributed by atoms with Gasteiger partial charge < -0.3 is 10.2 Å². The highest BCUT2D eigenvalue weighted by Gasteiger charge is 2.28. The van der Waals surface area contributed by atoms with Gasteiger partial charge in [0.1, 0.15) is 6.04 Å². The molecule has 0 aliphatic heterocycles. The van der Waals surface area contributed by atoms with Crippen LogP contribution in [0.5, 0.6) is 0 Å². The molecule has 0 radical (unpaired) electrons. The summed E-state index contributed by atoms with van der Waals surface area (Å²) in [6.07, 6.45) is 0.565. The van der Waals surface area contributed by atoms with E-state index in [1.54, 1.807) is 49.4 Å². The zero-order valence-electron chi connectivity index (χ0n) is 17.3. The fourth-order valence-electron chi connectivity index (χ4n) is 2.96. The lowest BCUT2D eigenvalue weighted by molar-refractivity contribution is -0.385. The van der Waals surface area contributed by atoms with Gasteiger partial charge in [0.25, 0.3) is 5.69 Å². The molecule has 0 saturated carbocycles. The molecule has 0 unspecified atom stereocenters. The first kappa shape index (κ1) is 23.3. The van der Waals surface area contributed by atoms with Gasteiger partial charge in [-0.2, -0.15) is 0 Å². The van der Waals surface area contributed by atoms with Crippen LogP contribution in [-0.2, 0) is 22.6 Å². The van der Waals surface area contributed by atoms with Crippen LogP contribution in [0.4, 0.5) is 5.69 Å². The largest absolute Gasteiger partial charge is 0.352 e. The van der Waals surface area contributed by atoms with Gasteiger partial charge in [-0.3, -0.25) is 19.7 Å². The minimum absolute atomic E-state index is 0.0348. The topological polar surface area (TPSA) is 92.6 Å². The van der Waals surface area contributed by atoms with Crippen molar-refractivity contribution in [3.8, 4) is 0 Å². The Bertz CT molecular complexity index is 919. The van der Waals surface area contributed by atoms with Gasteiger partial charge in [-0.1, -0.05) is 54.9 Å². The Kier molecular flexibility index (Phi) is 8.35. The summed E-state index contributed by atoms with van der Waals surface area (Å²) in [5.41, 5.74) is 0.865. The fraction of sp³-hybridized carbons (Fsp3) is 0.364. The van der Waals surface area contributed by atoms with Gasteiger partial charge >= 0.3 is 0 Å². The highest BCUT2D eigenvalue weighted by molar-refractivity contribution is 6.31. The van der Waals surface area contributed by atoms with Crippen LogP contribution in [0, 0.1) is 10.1 Å². The maximum Gasteiger partial charge on any atom is 0.273 e. The molecule has 2 aromatic rings. The van der Waals surface area contributed by atoms with E-state index in [0.717, 1.165) is 6.42 Å². The Hall–Kier alpha value is -2.93. The van der Waals surface area contributed by atoms with E-state index in [-0.39, 0.29) is 30.6 Å². The van der Waals surface area contributed by atoms with E-state index in [4.69, 9.17) is 11.6 Å². The lowest BCUT2D eigenvalue weighted by Crippen LogP contribution is -2.50. The van der Waals surface area contributed by atoms with Gasteiger partial charge in [0.05, 0.1) is 11.3 Å². The van der Waals surface area contributed by atoms with Crippen molar-refractivity contribution in [2.45, 2.75) is 52.2 Å². The second-order valence-corrected chi connectivity index (χ2v) is 7.58. The molecule has 2 atom stereocenters. The van der Waals surface area contributed by atoms with Crippen LogP contribution in [0.3, 0.4) is 0 Å². The first-order valence-corrected chi connectivity index (χ1v) is 10.2. The molecule has 0 heterocycles. The van der Waals surface area contributed by atoms with Crippen molar-refractivity contribution in [1.29, 1.82) is 0 Å². The third kappa shape index (κ3) is 6.03. The number of hydrogen-bond acceptors (Lipinski definition) is 4. The smallest absolute Gasteiger partial charge is 0.273 e.